The molecule has 0 spiro atoms. The second kappa shape index (κ2) is 5.40. The molecule has 0 aliphatic rings. The maximum absolute atomic E-state index is 12.9. The van der Waals surface area contributed by atoms with E-state index in [2.05, 4.69) is 4.52 Å². The van der Waals surface area contributed by atoms with E-state index in [9.17, 15) is 26.5 Å². The van der Waals surface area contributed by atoms with E-state index in [1.54, 1.807) is 0 Å². The van der Waals surface area contributed by atoms with Gasteiger partial charge in [0, 0.05) is 0 Å². The second-order valence-corrected chi connectivity index (χ2v) is 5.01. The van der Waals surface area contributed by atoms with E-state index in [1.807, 2.05) is 0 Å². The molecule has 0 fully saturated rings. The number of alkyl halides is 5. The summed E-state index contributed by atoms with van der Waals surface area (Å²) in [5.41, 5.74) is -2.22. The molecule has 0 aromatic carbocycles. The summed E-state index contributed by atoms with van der Waals surface area (Å²) in [5.74, 6) is -5.08. The SMILES string of the molecule is CCC(CC)(CC(F)(F)C(F)(F)F)OP(=O)(O)O. The van der Waals surface area contributed by atoms with Crippen LogP contribution < -0.4 is 0 Å². The molecular weight excluding hydrogens is 286 g/mol. The van der Waals surface area contributed by atoms with Crippen LogP contribution in [0.2, 0.25) is 0 Å². The van der Waals surface area contributed by atoms with Crippen LogP contribution in [0.15, 0.2) is 0 Å². The van der Waals surface area contributed by atoms with Crippen molar-refractivity contribution in [1.82, 2.24) is 0 Å². The quantitative estimate of drug-likeness (QED) is 0.584. The Kier molecular flexibility index (Phi) is 5.33. The third-order valence-corrected chi connectivity index (χ3v) is 3.19. The fourth-order valence-electron chi connectivity index (χ4n) is 1.42. The minimum absolute atomic E-state index is 0.389. The van der Waals surface area contributed by atoms with E-state index in [0.29, 0.717) is 0 Å². The Morgan fingerprint density at radius 1 is 1.06 bits per heavy atom. The predicted octanol–water partition coefficient (Wildman–Crippen LogP) is 3.24. The van der Waals surface area contributed by atoms with Gasteiger partial charge in [0.25, 0.3) is 0 Å². The standard InChI is InChI=1S/C8H14F5O4P/c1-3-6(4-2,17-18(14,15)16)5-7(9,10)8(11,12)13/h3-5H2,1-2H3,(H2,14,15,16). The van der Waals surface area contributed by atoms with E-state index in [4.69, 9.17) is 9.79 Å². The van der Waals surface area contributed by atoms with Gasteiger partial charge < -0.3 is 9.79 Å². The number of rotatable bonds is 6. The van der Waals surface area contributed by atoms with Gasteiger partial charge in [0.15, 0.2) is 0 Å². The number of phosphoric ester groups is 1. The summed E-state index contributed by atoms with van der Waals surface area (Å²) in [7, 11) is -5.16. The Morgan fingerprint density at radius 2 is 1.44 bits per heavy atom. The highest BCUT2D eigenvalue weighted by atomic mass is 31.2. The van der Waals surface area contributed by atoms with Gasteiger partial charge in [-0.1, -0.05) is 13.8 Å². The Bertz CT molecular complexity index is 320. The van der Waals surface area contributed by atoms with Crippen molar-refractivity contribution in [2.45, 2.75) is 50.8 Å². The Labute approximate surface area is 100 Å². The van der Waals surface area contributed by atoms with Gasteiger partial charge in [0.05, 0.1) is 12.0 Å². The van der Waals surface area contributed by atoms with Crippen molar-refractivity contribution in [2.75, 3.05) is 0 Å². The summed E-state index contributed by atoms with van der Waals surface area (Å²) in [5, 5.41) is 0. The van der Waals surface area contributed by atoms with Crippen molar-refractivity contribution in [3.05, 3.63) is 0 Å². The average Bonchev–Trinajstić information content (AvgIpc) is 2.12. The van der Waals surface area contributed by atoms with Crippen molar-refractivity contribution in [2.24, 2.45) is 0 Å². The summed E-state index contributed by atoms with van der Waals surface area (Å²) < 4.78 is 76.8. The molecule has 0 aromatic heterocycles. The lowest BCUT2D eigenvalue weighted by atomic mass is 9.90. The molecule has 0 amide bonds. The van der Waals surface area contributed by atoms with Gasteiger partial charge in [-0.25, -0.2) is 4.57 Å². The van der Waals surface area contributed by atoms with E-state index in [1.165, 1.54) is 13.8 Å². The molecule has 0 atom stereocenters. The molecule has 0 bridgehead atoms. The van der Waals surface area contributed by atoms with Crippen LogP contribution in [-0.4, -0.2) is 27.5 Å². The molecule has 0 rings (SSSR count). The van der Waals surface area contributed by atoms with E-state index >= 15 is 0 Å². The molecule has 4 nitrogen and oxygen atoms in total. The van der Waals surface area contributed by atoms with Crippen LogP contribution in [0.3, 0.4) is 0 Å². The lowest BCUT2D eigenvalue weighted by molar-refractivity contribution is -0.296. The molecule has 18 heavy (non-hydrogen) atoms. The summed E-state index contributed by atoms with van der Waals surface area (Å²) in [6.45, 7) is 2.43. The summed E-state index contributed by atoms with van der Waals surface area (Å²) in [6, 6.07) is 0. The van der Waals surface area contributed by atoms with Crippen LogP contribution in [0.5, 0.6) is 0 Å². The maximum atomic E-state index is 12.9. The third kappa shape index (κ3) is 4.79. The molecule has 0 aliphatic carbocycles. The smallest absolute Gasteiger partial charge is 0.303 e. The lowest BCUT2D eigenvalue weighted by Gasteiger charge is -2.35. The van der Waals surface area contributed by atoms with Gasteiger partial charge in [-0.15, -0.1) is 0 Å². The van der Waals surface area contributed by atoms with Crippen LogP contribution in [0, 0.1) is 0 Å². The van der Waals surface area contributed by atoms with Crippen molar-refractivity contribution in [3.63, 3.8) is 0 Å². The molecule has 110 valence electrons. The second-order valence-electron chi connectivity index (χ2n) is 3.85. The summed E-state index contributed by atoms with van der Waals surface area (Å²) in [4.78, 5) is 17.2. The zero-order chi connectivity index (χ0) is 14.8. The molecular formula is C8H14F5O4P. The van der Waals surface area contributed by atoms with Crippen LogP contribution in [-0.2, 0) is 9.09 Å². The highest BCUT2D eigenvalue weighted by molar-refractivity contribution is 7.46. The summed E-state index contributed by atoms with van der Waals surface area (Å²) in [6.07, 6.45) is -8.40. The number of halogens is 5. The molecule has 0 heterocycles. The van der Waals surface area contributed by atoms with Crippen molar-refractivity contribution < 1.29 is 40.8 Å². The molecule has 0 saturated carbocycles. The topological polar surface area (TPSA) is 66.8 Å². The van der Waals surface area contributed by atoms with E-state index < -0.39 is 31.9 Å². The molecule has 0 aliphatic heterocycles. The first-order valence-electron chi connectivity index (χ1n) is 4.99. The Hall–Kier alpha value is -0.240. The zero-order valence-electron chi connectivity index (χ0n) is 9.67. The van der Waals surface area contributed by atoms with Crippen LogP contribution >= 0.6 is 7.82 Å². The first-order valence-corrected chi connectivity index (χ1v) is 6.52. The maximum Gasteiger partial charge on any atom is 0.470 e. The van der Waals surface area contributed by atoms with Crippen molar-refractivity contribution in [1.29, 1.82) is 0 Å². The largest absolute Gasteiger partial charge is 0.470 e. The number of phosphoric acid groups is 1. The monoisotopic (exact) mass is 300 g/mol. The van der Waals surface area contributed by atoms with Gasteiger partial charge >= 0.3 is 19.9 Å². The van der Waals surface area contributed by atoms with Gasteiger partial charge in [0.1, 0.15) is 0 Å². The fourth-order valence-corrected chi connectivity index (χ4v) is 2.25. The van der Waals surface area contributed by atoms with Crippen molar-refractivity contribution >= 4 is 7.82 Å². The van der Waals surface area contributed by atoms with E-state index in [-0.39, 0.29) is 12.8 Å². The minimum atomic E-state index is -5.79. The van der Waals surface area contributed by atoms with Gasteiger partial charge in [-0.05, 0) is 12.8 Å². The third-order valence-electron chi connectivity index (χ3n) is 2.56. The predicted molar refractivity (Wildman–Crippen MR) is 52.1 cm³/mol. The minimum Gasteiger partial charge on any atom is -0.303 e. The van der Waals surface area contributed by atoms with Gasteiger partial charge in [0.2, 0.25) is 0 Å². The van der Waals surface area contributed by atoms with Crippen LogP contribution in [0.25, 0.3) is 0 Å². The van der Waals surface area contributed by atoms with Crippen LogP contribution in [0.1, 0.15) is 33.1 Å². The first kappa shape index (κ1) is 17.8. The zero-order valence-corrected chi connectivity index (χ0v) is 10.6. The molecule has 0 saturated heterocycles. The fraction of sp³-hybridized carbons (Fsp3) is 1.00. The van der Waals surface area contributed by atoms with E-state index in [0.717, 1.165) is 0 Å². The van der Waals surface area contributed by atoms with Crippen molar-refractivity contribution in [3.8, 4) is 0 Å². The van der Waals surface area contributed by atoms with Gasteiger partial charge in [-0.3, -0.25) is 4.52 Å². The Morgan fingerprint density at radius 3 is 1.67 bits per heavy atom. The summed E-state index contributed by atoms with van der Waals surface area (Å²) >= 11 is 0. The average molecular weight is 300 g/mol. The molecule has 2 N–H and O–H groups in total. The number of hydrogen-bond acceptors (Lipinski definition) is 2. The molecule has 0 aromatic rings. The molecule has 0 unspecified atom stereocenters. The highest BCUT2D eigenvalue weighted by Gasteiger charge is 2.61. The Balaban J connectivity index is 5.22. The molecule has 10 heteroatoms. The highest BCUT2D eigenvalue weighted by Crippen LogP contribution is 2.50. The lowest BCUT2D eigenvalue weighted by Crippen LogP contribution is -2.45. The first-order chi connectivity index (χ1) is 7.79. The number of hydrogen-bond donors (Lipinski definition) is 2. The normalized spacial score (nSPS) is 14.9. The molecule has 0 radical (unpaired) electrons. The van der Waals surface area contributed by atoms with Crippen LogP contribution in [0.4, 0.5) is 22.0 Å². The van der Waals surface area contributed by atoms with Gasteiger partial charge in [-0.2, -0.15) is 22.0 Å².